The van der Waals surface area contributed by atoms with Gasteiger partial charge in [-0.15, -0.1) is 0 Å². The number of fused-ring (bicyclic) bond motifs is 1. The standard InChI is InChI=1S/C39H41F6N5O3S/c40-38(41,42)27-11-7-10-26(22-27)35-32(24-49-20-16-29(17-21-49)50-18-5-2-6-19-50)34(37(51)47-36(39(43,44)45)25-8-3-1-4-9-25)31-23-28(12-15-33(31)46-35)48-54(52,53)30-13-14-30/h1,3-4,7-12,15,22-23,29-30,36,48H,2,5-6,13-14,16-21,24H2,(H,47,51)/t36-/m1/s1. The Hall–Kier alpha value is -4.21. The van der Waals surface area contributed by atoms with Crippen LogP contribution in [-0.2, 0) is 22.7 Å². The highest BCUT2D eigenvalue weighted by Crippen LogP contribution is 2.39. The van der Waals surface area contributed by atoms with Crippen molar-refractivity contribution in [2.75, 3.05) is 30.9 Å². The molecule has 15 heteroatoms. The number of hydrogen-bond donors (Lipinski definition) is 2. The van der Waals surface area contributed by atoms with Gasteiger partial charge >= 0.3 is 12.4 Å². The number of halogens is 6. The molecule has 1 aliphatic carbocycles. The minimum Gasteiger partial charge on any atom is -0.337 e. The smallest absolute Gasteiger partial charge is 0.337 e. The number of carbonyl (C=O) groups excluding carboxylic acids is 1. The van der Waals surface area contributed by atoms with E-state index in [0.717, 1.165) is 50.9 Å². The number of hydrogen-bond acceptors (Lipinski definition) is 6. The van der Waals surface area contributed by atoms with Crippen LogP contribution < -0.4 is 10.0 Å². The summed E-state index contributed by atoms with van der Waals surface area (Å²) in [6, 6.07) is 13.5. The molecule has 2 N–H and O–H groups in total. The second-order valence-corrected chi connectivity index (χ2v) is 16.4. The normalized spacial score (nSPS) is 18.8. The fourth-order valence-electron chi connectivity index (χ4n) is 7.64. The lowest BCUT2D eigenvalue weighted by molar-refractivity contribution is -0.155. The summed E-state index contributed by atoms with van der Waals surface area (Å²) in [6.07, 6.45) is -3.60. The summed E-state index contributed by atoms with van der Waals surface area (Å²) < 4.78 is 114. The van der Waals surface area contributed by atoms with Gasteiger partial charge in [0.15, 0.2) is 6.04 Å². The number of likely N-dealkylation sites (tertiary alicyclic amines) is 2. The molecule has 2 saturated heterocycles. The molecule has 0 radical (unpaired) electrons. The Bertz CT molecular complexity index is 2090. The van der Waals surface area contributed by atoms with Gasteiger partial charge in [-0.25, -0.2) is 13.4 Å². The first kappa shape index (κ1) is 38.1. The largest absolute Gasteiger partial charge is 0.416 e. The number of sulfonamides is 1. The predicted octanol–water partition coefficient (Wildman–Crippen LogP) is 8.31. The van der Waals surface area contributed by atoms with E-state index >= 15 is 0 Å². The van der Waals surface area contributed by atoms with Crippen molar-refractivity contribution in [2.24, 2.45) is 0 Å². The summed E-state index contributed by atoms with van der Waals surface area (Å²) in [7, 11) is -3.77. The number of nitrogens with one attached hydrogen (secondary N) is 2. The molecule has 8 nitrogen and oxygen atoms in total. The molecule has 3 heterocycles. The lowest BCUT2D eigenvalue weighted by Gasteiger charge is -2.40. The number of piperidine rings is 2. The maximum absolute atomic E-state index is 14.7. The molecule has 1 amide bonds. The molecule has 4 aromatic rings. The SMILES string of the molecule is O=C(N[C@H](c1ccccc1)C(F)(F)F)c1c(CN2CCC(N3CCCCC3)CC2)c(-c2cccc(C(F)(F)F)c2)nc2ccc(NS(=O)(=O)C3CC3)cc12. The van der Waals surface area contributed by atoms with Crippen LogP contribution in [0, 0.1) is 0 Å². The molecule has 1 atom stereocenters. The van der Waals surface area contributed by atoms with Crippen molar-refractivity contribution in [3.63, 3.8) is 0 Å². The summed E-state index contributed by atoms with van der Waals surface area (Å²) in [5, 5.41) is 1.66. The summed E-state index contributed by atoms with van der Waals surface area (Å²) >= 11 is 0. The van der Waals surface area contributed by atoms with Crippen LogP contribution >= 0.6 is 0 Å². The zero-order valence-corrected chi connectivity index (χ0v) is 30.2. The van der Waals surface area contributed by atoms with Crippen molar-refractivity contribution < 1.29 is 39.6 Å². The maximum Gasteiger partial charge on any atom is 0.416 e. The third kappa shape index (κ3) is 8.52. The highest BCUT2D eigenvalue weighted by atomic mass is 32.2. The topological polar surface area (TPSA) is 94.6 Å². The molecule has 0 unspecified atom stereocenters. The van der Waals surface area contributed by atoms with Gasteiger partial charge in [0.25, 0.3) is 5.91 Å². The summed E-state index contributed by atoms with van der Waals surface area (Å²) in [5.74, 6) is -1.12. The molecule has 7 rings (SSSR count). The molecule has 2 aliphatic heterocycles. The first-order valence-corrected chi connectivity index (χ1v) is 19.8. The van der Waals surface area contributed by atoms with Crippen LogP contribution in [0.1, 0.15) is 78.0 Å². The average molecular weight is 774 g/mol. The predicted molar refractivity (Wildman–Crippen MR) is 194 cm³/mol. The fourth-order valence-corrected chi connectivity index (χ4v) is 9.02. The molecule has 3 fully saturated rings. The Balaban J connectivity index is 1.37. The second-order valence-electron chi connectivity index (χ2n) is 14.4. The van der Waals surface area contributed by atoms with Gasteiger partial charge in [-0.2, -0.15) is 26.3 Å². The van der Waals surface area contributed by atoms with E-state index in [1.54, 1.807) is 6.07 Å². The molecule has 1 saturated carbocycles. The van der Waals surface area contributed by atoms with Crippen LogP contribution in [0.25, 0.3) is 22.2 Å². The van der Waals surface area contributed by atoms with Crippen LogP contribution in [0.5, 0.6) is 0 Å². The average Bonchev–Trinajstić information content (AvgIpc) is 4.01. The van der Waals surface area contributed by atoms with E-state index in [9.17, 15) is 39.6 Å². The molecule has 0 bridgehead atoms. The Labute approximate surface area is 310 Å². The molecule has 1 aromatic heterocycles. The maximum atomic E-state index is 14.7. The van der Waals surface area contributed by atoms with E-state index in [0.29, 0.717) is 32.0 Å². The molecule has 288 valence electrons. The highest BCUT2D eigenvalue weighted by molar-refractivity contribution is 7.93. The summed E-state index contributed by atoms with van der Waals surface area (Å²) in [5.41, 5.74) is -1.01. The number of carbonyl (C=O) groups is 1. The van der Waals surface area contributed by atoms with E-state index < -0.39 is 45.1 Å². The number of benzene rings is 3. The number of anilines is 1. The van der Waals surface area contributed by atoms with Crippen LogP contribution in [0.15, 0.2) is 72.8 Å². The minimum absolute atomic E-state index is 0.00401. The van der Waals surface area contributed by atoms with Gasteiger partial charge in [0.1, 0.15) is 0 Å². The number of aromatic nitrogens is 1. The number of amides is 1. The van der Waals surface area contributed by atoms with Gasteiger partial charge in [-0.1, -0.05) is 48.9 Å². The molecule has 0 spiro atoms. The van der Waals surface area contributed by atoms with Crippen molar-refractivity contribution in [3.8, 4) is 11.3 Å². The molecule has 3 aromatic carbocycles. The van der Waals surface area contributed by atoms with Crippen molar-refractivity contribution in [1.82, 2.24) is 20.1 Å². The zero-order valence-electron chi connectivity index (χ0n) is 29.4. The quantitative estimate of drug-likeness (QED) is 0.158. The highest BCUT2D eigenvalue weighted by Gasteiger charge is 2.43. The Kier molecular flexibility index (Phi) is 10.7. The van der Waals surface area contributed by atoms with Gasteiger partial charge in [-0.3, -0.25) is 14.4 Å². The molecule has 54 heavy (non-hydrogen) atoms. The van der Waals surface area contributed by atoms with E-state index in [-0.39, 0.29) is 51.1 Å². The van der Waals surface area contributed by atoms with Gasteiger partial charge in [-0.05, 0) is 101 Å². The van der Waals surface area contributed by atoms with Crippen molar-refractivity contribution in [2.45, 2.75) is 81.2 Å². The van der Waals surface area contributed by atoms with Gasteiger partial charge in [0.2, 0.25) is 10.0 Å². The van der Waals surface area contributed by atoms with Crippen LogP contribution in [0.3, 0.4) is 0 Å². The van der Waals surface area contributed by atoms with Crippen LogP contribution in [0.4, 0.5) is 32.0 Å². The monoisotopic (exact) mass is 773 g/mol. The van der Waals surface area contributed by atoms with Gasteiger partial charge < -0.3 is 10.2 Å². The summed E-state index contributed by atoms with van der Waals surface area (Å²) in [6.45, 7) is 3.19. The molecular formula is C39H41F6N5O3S. The van der Waals surface area contributed by atoms with Crippen molar-refractivity contribution in [3.05, 3.63) is 95.1 Å². The summed E-state index contributed by atoms with van der Waals surface area (Å²) in [4.78, 5) is 23.8. The van der Waals surface area contributed by atoms with Crippen LogP contribution in [0.2, 0.25) is 0 Å². The van der Waals surface area contributed by atoms with Crippen molar-refractivity contribution in [1.29, 1.82) is 0 Å². The number of rotatable bonds is 10. The lowest BCUT2D eigenvalue weighted by atomic mass is 9.93. The number of nitrogens with zero attached hydrogens (tertiary/aromatic N) is 3. The fraction of sp³-hybridized carbons (Fsp3) is 0.436. The third-order valence-electron chi connectivity index (χ3n) is 10.6. The Morgan fingerprint density at radius 2 is 1.54 bits per heavy atom. The number of alkyl halides is 6. The van der Waals surface area contributed by atoms with Crippen molar-refractivity contribution >= 4 is 32.5 Å². The van der Waals surface area contributed by atoms with E-state index in [1.807, 2.05) is 0 Å². The zero-order chi connectivity index (χ0) is 38.3. The van der Waals surface area contributed by atoms with E-state index in [4.69, 9.17) is 4.98 Å². The van der Waals surface area contributed by atoms with Gasteiger partial charge in [0, 0.05) is 34.8 Å². The minimum atomic E-state index is -4.91. The first-order chi connectivity index (χ1) is 25.7. The van der Waals surface area contributed by atoms with E-state index in [2.05, 4.69) is 19.8 Å². The van der Waals surface area contributed by atoms with E-state index in [1.165, 1.54) is 61.0 Å². The molecular weight excluding hydrogens is 733 g/mol. The third-order valence-corrected chi connectivity index (χ3v) is 12.5. The second kappa shape index (κ2) is 15.1. The number of pyridine rings is 1. The lowest BCUT2D eigenvalue weighted by Crippen LogP contribution is -2.46. The molecule has 3 aliphatic rings. The first-order valence-electron chi connectivity index (χ1n) is 18.2. The van der Waals surface area contributed by atoms with Crippen LogP contribution in [-0.4, -0.2) is 72.8 Å². The van der Waals surface area contributed by atoms with Gasteiger partial charge in [0.05, 0.1) is 27.6 Å². The Morgan fingerprint density at radius 3 is 2.19 bits per heavy atom. The Morgan fingerprint density at radius 1 is 0.833 bits per heavy atom.